The second kappa shape index (κ2) is 6.66. The number of phenols is 1. The molecule has 2 fully saturated rings. The number of aromatic hydroxyl groups is 1. The summed E-state index contributed by atoms with van der Waals surface area (Å²) in [5.74, 6) is -1.54. The number of benzene rings is 1. The van der Waals surface area contributed by atoms with Crippen LogP contribution in [0.3, 0.4) is 0 Å². The first-order valence-corrected chi connectivity index (χ1v) is 10.1. The van der Waals surface area contributed by atoms with Gasteiger partial charge in [0, 0.05) is 43.5 Å². The zero-order valence-electron chi connectivity index (χ0n) is 17.4. The van der Waals surface area contributed by atoms with E-state index < -0.39 is 17.6 Å². The number of Topliss-reactive ketones (excluding diaryl/α,β-unsaturated/α-hetero) is 2. The van der Waals surface area contributed by atoms with E-state index in [0.29, 0.717) is 29.1 Å². The molecule has 9 heteroatoms. The number of fused-ring (bicyclic) bond motifs is 4. The maximum absolute atomic E-state index is 13.7. The SMILES string of the molecule is CO[C@@]12[C@H](COC(C)=O)C3=C(C(=O)C(C)=C(Nc4ccc(O)cc4)C3=O)N1C[C@@H]1N[C@@H]12. The Morgan fingerprint density at radius 3 is 2.65 bits per heavy atom. The number of methoxy groups -OCH3 is 1. The number of allylic oxidation sites excluding steroid dienone is 2. The van der Waals surface area contributed by atoms with Crippen LogP contribution in [0.25, 0.3) is 0 Å². The van der Waals surface area contributed by atoms with E-state index in [9.17, 15) is 19.5 Å². The summed E-state index contributed by atoms with van der Waals surface area (Å²) in [6.45, 7) is 3.41. The molecule has 1 aromatic carbocycles. The molecule has 9 nitrogen and oxygen atoms in total. The fourth-order valence-electron chi connectivity index (χ4n) is 5.17. The van der Waals surface area contributed by atoms with Crippen LogP contribution in [0.5, 0.6) is 5.75 Å². The summed E-state index contributed by atoms with van der Waals surface area (Å²) < 4.78 is 11.3. The lowest BCUT2D eigenvalue weighted by Gasteiger charge is -2.39. The molecule has 0 radical (unpaired) electrons. The fourth-order valence-corrected chi connectivity index (χ4v) is 5.17. The van der Waals surface area contributed by atoms with E-state index in [0.717, 1.165) is 0 Å². The van der Waals surface area contributed by atoms with E-state index in [1.54, 1.807) is 26.2 Å². The summed E-state index contributed by atoms with van der Waals surface area (Å²) in [5.41, 5.74) is 0.750. The van der Waals surface area contributed by atoms with Crippen molar-refractivity contribution in [2.75, 3.05) is 25.6 Å². The molecule has 4 aliphatic rings. The fraction of sp³-hybridized carbons (Fsp3) is 0.409. The van der Waals surface area contributed by atoms with Crippen LogP contribution in [0.15, 0.2) is 46.8 Å². The number of esters is 1. The van der Waals surface area contributed by atoms with E-state index in [4.69, 9.17) is 9.47 Å². The number of piperazine rings is 1. The van der Waals surface area contributed by atoms with E-state index in [1.165, 1.54) is 19.1 Å². The number of carbonyl (C=O) groups excluding carboxylic acids is 3. The number of ketones is 2. The van der Waals surface area contributed by atoms with Gasteiger partial charge in [-0.2, -0.15) is 0 Å². The van der Waals surface area contributed by atoms with Gasteiger partial charge in [-0.3, -0.25) is 14.4 Å². The standard InChI is InChI=1S/C22H23N3O6/c1-10-17(23-12-4-6-13(27)7-5-12)20(29)16-14(9-31-11(2)26)22(30-3)21-15(24-21)8-25(22)18(16)19(10)28/h4-7,14-15,21,23-24,27H,8-9H2,1-3H3/t14-,15+,21+,22-/m1/s1. The number of ether oxygens (including phenoxy) is 2. The van der Waals surface area contributed by atoms with Gasteiger partial charge < -0.3 is 30.1 Å². The van der Waals surface area contributed by atoms with Gasteiger partial charge in [-0.25, -0.2) is 0 Å². The molecule has 5 rings (SSSR count). The average Bonchev–Trinajstić information content (AvgIpc) is 3.35. The molecule has 2 saturated heterocycles. The predicted octanol–water partition coefficient (Wildman–Crippen LogP) is 0.676. The zero-order chi connectivity index (χ0) is 22.1. The second-order valence-electron chi connectivity index (χ2n) is 8.26. The monoisotopic (exact) mass is 425 g/mol. The molecular weight excluding hydrogens is 402 g/mol. The number of hydrogen-bond donors (Lipinski definition) is 3. The van der Waals surface area contributed by atoms with Crippen LogP contribution in [-0.2, 0) is 23.9 Å². The minimum atomic E-state index is -0.954. The summed E-state index contributed by atoms with van der Waals surface area (Å²) in [7, 11) is 1.56. The van der Waals surface area contributed by atoms with Crippen LogP contribution < -0.4 is 10.6 Å². The van der Waals surface area contributed by atoms with Crippen molar-refractivity contribution < 1.29 is 29.0 Å². The lowest BCUT2D eigenvalue weighted by atomic mass is 9.82. The minimum Gasteiger partial charge on any atom is -0.508 e. The van der Waals surface area contributed by atoms with Crippen LogP contribution in [0.1, 0.15) is 13.8 Å². The molecule has 3 N–H and O–H groups in total. The molecule has 0 bridgehead atoms. The molecule has 4 atom stereocenters. The smallest absolute Gasteiger partial charge is 0.302 e. The van der Waals surface area contributed by atoms with Crippen LogP contribution in [-0.4, -0.2) is 65.6 Å². The van der Waals surface area contributed by atoms with Crippen molar-refractivity contribution in [3.05, 3.63) is 46.8 Å². The van der Waals surface area contributed by atoms with Crippen molar-refractivity contribution in [1.82, 2.24) is 10.2 Å². The van der Waals surface area contributed by atoms with Gasteiger partial charge >= 0.3 is 5.97 Å². The first-order chi connectivity index (χ1) is 14.8. The second-order valence-corrected chi connectivity index (χ2v) is 8.26. The highest BCUT2D eigenvalue weighted by Gasteiger charge is 2.72. The van der Waals surface area contributed by atoms with Gasteiger partial charge in [0.1, 0.15) is 12.4 Å². The van der Waals surface area contributed by atoms with E-state index in [2.05, 4.69) is 10.6 Å². The Hall–Kier alpha value is -3.17. The van der Waals surface area contributed by atoms with Crippen molar-refractivity contribution >= 4 is 23.2 Å². The number of hydrogen-bond acceptors (Lipinski definition) is 9. The summed E-state index contributed by atoms with van der Waals surface area (Å²) in [4.78, 5) is 40.6. The highest BCUT2D eigenvalue weighted by molar-refractivity contribution is 6.26. The molecule has 0 spiro atoms. The van der Waals surface area contributed by atoms with Gasteiger partial charge in [0.05, 0.1) is 23.4 Å². The Balaban J connectivity index is 1.56. The lowest BCUT2D eigenvalue weighted by molar-refractivity contribution is -0.156. The van der Waals surface area contributed by atoms with Gasteiger partial charge in [-0.1, -0.05) is 0 Å². The molecule has 1 aliphatic carbocycles. The molecule has 1 aromatic rings. The van der Waals surface area contributed by atoms with E-state index >= 15 is 0 Å². The Labute approximate surface area is 178 Å². The maximum atomic E-state index is 13.7. The number of carbonyl (C=O) groups is 3. The van der Waals surface area contributed by atoms with Crippen molar-refractivity contribution in [2.24, 2.45) is 5.92 Å². The number of nitrogens with zero attached hydrogens (tertiary/aromatic N) is 1. The van der Waals surface area contributed by atoms with E-state index in [-0.39, 0.29) is 41.7 Å². The van der Waals surface area contributed by atoms with Gasteiger partial charge in [0.2, 0.25) is 11.6 Å². The highest BCUT2D eigenvalue weighted by Crippen LogP contribution is 2.55. The summed E-state index contributed by atoms with van der Waals surface area (Å²) in [5, 5.41) is 15.9. The lowest BCUT2D eigenvalue weighted by Crippen LogP contribution is -2.55. The third-order valence-electron chi connectivity index (χ3n) is 6.63. The molecule has 31 heavy (non-hydrogen) atoms. The van der Waals surface area contributed by atoms with Crippen molar-refractivity contribution in [1.29, 1.82) is 0 Å². The van der Waals surface area contributed by atoms with Crippen LogP contribution in [0, 0.1) is 5.92 Å². The minimum absolute atomic E-state index is 0.0573. The largest absolute Gasteiger partial charge is 0.508 e. The predicted molar refractivity (Wildman–Crippen MR) is 109 cm³/mol. The molecule has 3 heterocycles. The molecule has 0 unspecified atom stereocenters. The number of phenolic OH excluding ortho intramolecular Hbond substituents is 1. The van der Waals surface area contributed by atoms with Crippen molar-refractivity contribution in [3.8, 4) is 5.75 Å². The number of anilines is 1. The van der Waals surface area contributed by atoms with Crippen LogP contribution >= 0.6 is 0 Å². The number of rotatable bonds is 5. The molecular formula is C22H23N3O6. The van der Waals surface area contributed by atoms with Gasteiger partial charge in [-0.05, 0) is 31.2 Å². The molecule has 3 aliphatic heterocycles. The van der Waals surface area contributed by atoms with Crippen LogP contribution in [0.2, 0.25) is 0 Å². The molecule has 0 saturated carbocycles. The average molecular weight is 425 g/mol. The first kappa shape index (κ1) is 19.8. The Morgan fingerprint density at radius 2 is 2.00 bits per heavy atom. The van der Waals surface area contributed by atoms with Crippen LogP contribution in [0.4, 0.5) is 5.69 Å². The third-order valence-corrected chi connectivity index (χ3v) is 6.63. The highest BCUT2D eigenvalue weighted by atomic mass is 16.5. The quantitative estimate of drug-likeness (QED) is 0.270. The Kier molecular flexibility index (Phi) is 4.25. The molecule has 0 aromatic heterocycles. The van der Waals surface area contributed by atoms with Gasteiger partial charge in [0.15, 0.2) is 5.72 Å². The van der Waals surface area contributed by atoms with Crippen molar-refractivity contribution in [3.63, 3.8) is 0 Å². The molecule has 162 valence electrons. The first-order valence-electron chi connectivity index (χ1n) is 10.1. The van der Waals surface area contributed by atoms with Crippen molar-refractivity contribution in [2.45, 2.75) is 31.7 Å². The number of nitrogens with one attached hydrogen (secondary N) is 2. The van der Waals surface area contributed by atoms with Gasteiger partial charge in [0.25, 0.3) is 0 Å². The summed E-state index contributed by atoms with van der Waals surface area (Å²) in [6, 6.07) is 6.33. The zero-order valence-corrected chi connectivity index (χ0v) is 17.4. The van der Waals surface area contributed by atoms with E-state index in [1.807, 2.05) is 4.90 Å². The topological polar surface area (TPSA) is 127 Å². The van der Waals surface area contributed by atoms with Gasteiger partial charge in [-0.15, -0.1) is 0 Å². The molecule has 0 amide bonds. The Bertz CT molecular complexity index is 1080. The Morgan fingerprint density at radius 1 is 1.29 bits per heavy atom. The third kappa shape index (κ3) is 2.66. The summed E-state index contributed by atoms with van der Waals surface area (Å²) >= 11 is 0. The maximum Gasteiger partial charge on any atom is 0.302 e. The summed E-state index contributed by atoms with van der Waals surface area (Å²) in [6.07, 6.45) is 0. The normalized spacial score (nSPS) is 30.9.